The highest BCUT2D eigenvalue weighted by molar-refractivity contribution is 7.13. The first-order valence-corrected chi connectivity index (χ1v) is 9.14. The molecule has 3 rings (SSSR count). The van der Waals surface area contributed by atoms with Crippen LogP contribution in [0.4, 0.5) is 4.39 Å². The molecule has 1 heterocycles. The van der Waals surface area contributed by atoms with Crippen LogP contribution in [0, 0.1) is 5.82 Å². The number of nitrogens with zero attached hydrogens (tertiary/aromatic N) is 1. The van der Waals surface area contributed by atoms with Crippen LogP contribution in [0.25, 0.3) is 10.6 Å². The predicted molar refractivity (Wildman–Crippen MR) is 103 cm³/mol. The van der Waals surface area contributed by atoms with Crippen LogP contribution in [-0.4, -0.2) is 25.1 Å². The van der Waals surface area contributed by atoms with Crippen molar-refractivity contribution in [2.75, 3.05) is 14.2 Å². The lowest BCUT2D eigenvalue weighted by Gasteiger charge is -2.17. The summed E-state index contributed by atoms with van der Waals surface area (Å²) in [7, 11) is 3.16. The molecule has 0 fully saturated rings. The fourth-order valence-corrected chi connectivity index (χ4v) is 3.44. The van der Waals surface area contributed by atoms with E-state index in [2.05, 4.69) is 10.3 Å². The highest BCUT2D eigenvalue weighted by atomic mass is 32.1. The number of amides is 1. The Morgan fingerprint density at radius 1 is 1.15 bits per heavy atom. The topological polar surface area (TPSA) is 60.5 Å². The van der Waals surface area contributed by atoms with Crippen molar-refractivity contribution < 1.29 is 18.7 Å². The first kappa shape index (κ1) is 18.8. The molecule has 27 heavy (non-hydrogen) atoms. The summed E-state index contributed by atoms with van der Waals surface area (Å²) in [5.74, 6) is 0.736. The largest absolute Gasteiger partial charge is 0.497 e. The lowest BCUT2D eigenvalue weighted by Crippen LogP contribution is -2.27. The third-order valence-corrected chi connectivity index (χ3v) is 4.97. The maximum atomic E-state index is 13.1. The van der Waals surface area contributed by atoms with Gasteiger partial charge in [-0.05, 0) is 49.4 Å². The molecule has 1 aromatic heterocycles. The van der Waals surface area contributed by atoms with Gasteiger partial charge in [-0.2, -0.15) is 0 Å². The zero-order valence-electron chi connectivity index (χ0n) is 15.2. The highest BCUT2D eigenvalue weighted by Gasteiger charge is 2.18. The van der Waals surface area contributed by atoms with Crippen LogP contribution in [0.15, 0.2) is 47.8 Å². The van der Waals surface area contributed by atoms with E-state index < -0.39 is 0 Å². The number of ether oxygens (including phenoxy) is 2. The van der Waals surface area contributed by atoms with Crippen molar-refractivity contribution in [2.45, 2.75) is 13.0 Å². The van der Waals surface area contributed by atoms with Crippen molar-refractivity contribution in [2.24, 2.45) is 0 Å². The maximum Gasteiger partial charge on any atom is 0.271 e. The molecule has 3 aromatic rings. The Labute approximate surface area is 160 Å². The quantitative estimate of drug-likeness (QED) is 0.680. The van der Waals surface area contributed by atoms with Gasteiger partial charge in [-0.15, -0.1) is 11.3 Å². The van der Waals surface area contributed by atoms with Gasteiger partial charge in [0.1, 0.15) is 28.0 Å². The van der Waals surface area contributed by atoms with E-state index in [0.717, 1.165) is 11.1 Å². The van der Waals surface area contributed by atoms with Gasteiger partial charge in [0, 0.05) is 16.5 Å². The van der Waals surface area contributed by atoms with E-state index >= 15 is 0 Å². The summed E-state index contributed by atoms with van der Waals surface area (Å²) in [6.07, 6.45) is 0. The molecule has 0 unspecified atom stereocenters. The van der Waals surface area contributed by atoms with Crippen LogP contribution < -0.4 is 14.8 Å². The van der Waals surface area contributed by atoms with Gasteiger partial charge in [0.2, 0.25) is 0 Å². The number of methoxy groups -OCH3 is 2. The Kier molecular flexibility index (Phi) is 5.71. The van der Waals surface area contributed by atoms with E-state index in [4.69, 9.17) is 9.47 Å². The third kappa shape index (κ3) is 4.25. The van der Waals surface area contributed by atoms with Crippen LogP contribution in [0.2, 0.25) is 0 Å². The molecule has 0 radical (unpaired) electrons. The Morgan fingerprint density at radius 3 is 2.56 bits per heavy atom. The normalized spacial score (nSPS) is 11.7. The minimum Gasteiger partial charge on any atom is -0.497 e. The van der Waals surface area contributed by atoms with E-state index in [0.29, 0.717) is 22.2 Å². The second kappa shape index (κ2) is 8.18. The molecule has 0 aliphatic carbocycles. The summed E-state index contributed by atoms with van der Waals surface area (Å²) >= 11 is 1.33. The molecule has 1 amide bonds. The van der Waals surface area contributed by atoms with Crippen LogP contribution in [0.3, 0.4) is 0 Å². The van der Waals surface area contributed by atoms with Crippen molar-refractivity contribution in [3.05, 3.63) is 64.9 Å². The number of thiazole rings is 1. The smallest absolute Gasteiger partial charge is 0.271 e. The molecule has 0 aliphatic rings. The van der Waals surface area contributed by atoms with Crippen LogP contribution >= 0.6 is 11.3 Å². The minimum absolute atomic E-state index is 0.294. The van der Waals surface area contributed by atoms with Gasteiger partial charge in [-0.1, -0.05) is 0 Å². The number of carbonyl (C=O) groups excluding carboxylic acids is 1. The third-order valence-electron chi connectivity index (χ3n) is 4.08. The standard InChI is InChI=1S/C20H19FN2O3S/c1-12(16-10-15(25-2)8-9-18(16)26-3)22-19(24)17-11-27-20(23-17)13-4-6-14(21)7-5-13/h4-12H,1-3H3,(H,22,24)/t12-/m1/s1. The van der Waals surface area contributed by atoms with Gasteiger partial charge >= 0.3 is 0 Å². The van der Waals surface area contributed by atoms with Crippen molar-refractivity contribution in [3.8, 4) is 22.1 Å². The van der Waals surface area contributed by atoms with Gasteiger partial charge in [-0.3, -0.25) is 4.79 Å². The van der Waals surface area contributed by atoms with Crippen molar-refractivity contribution in [1.29, 1.82) is 0 Å². The number of aromatic nitrogens is 1. The highest BCUT2D eigenvalue weighted by Crippen LogP contribution is 2.30. The molecule has 0 saturated heterocycles. The zero-order valence-corrected chi connectivity index (χ0v) is 16.0. The fourth-order valence-electron chi connectivity index (χ4n) is 2.63. The number of halogens is 1. The number of benzene rings is 2. The summed E-state index contributed by atoms with van der Waals surface area (Å²) in [6, 6.07) is 11.1. The fraction of sp³-hybridized carbons (Fsp3) is 0.200. The van der Waals surface area contributed by atoms with Crippen LogP contribution in [0.5, 0.6) is 11.5 Å². The summed E-state index contributed by atoms with van der Waals surface area (Å²) in [4.78, 5) is 16.9. The van der Waals surface area contributed by atoms with E-state index in [1.54, 1.807) is 43.9 Å². The first-order chi connectivity index (χ1) is 13.0. The molecule has 5 nitrogen and oxygen atoms in total. The van der Waals surface area contributed by atoms with E-state index in [1.807, 2.05) is 13.0 Å². The number of nitrogens with one attached hydrogen (secondary N) is 1. The first-order valence-electron chi connectivity index (χ1n) is 8.26. The van der Waals surface area contributed by atoms with Crippen molar-refractivity contribution >= 4 is 17.2 Å². The van der Waals surface area contributed by atoms with E-state index in [9.17, 15) is 9.18 Å². The average molecular weight is 386 g/mol. The Morgan fingerprint density at radius 2 is 1.89 bits per heavy atom. The van der Waals surface area contributed by atoms with Gasteiger partial charge in [0.05, 0.1) is 20.3 Å². The molecule has 0 saturated carbocycles. The lowest BCUT2D eigenvalue weighted by atomic mass is 10.1. The number of carbonyl (C=O) groups is 1. The van der Waals surface area contributed by atoms with Crippen LogP contribution in [-0.2, 0) is 0 Å². The molecule has 0 bridgehead atoms. The molecule has 0 spiro atoms. The molecule has 2 aromatic carbocycles. The molecule has 1 N–H and O–H groups in total. The second-order valence-corrected chi connectivity index (χ2v) is 6.71. The molecule has 7 heteroatoms. The molecule has 140 valence electrons. The summed E-state index contributed by atoms with van der Waals surface area (Å²) in [6.45, 7) is 1.86. The van der Waals surface area contributed by atoms with Gasteiger partial charge in [0.15, 0.2) is 0 Å². The van der Waals surface area contributed by atoms with Crippen molar-refractivity contribution in [1.82, 2.24) is 10.3 Å². The predicted octanol–water partition coefficient (Wildman–Crippen LogP) is 4.46. The maximum absolute atomic E-state index is 13.1. The number of hydrogen-bond acceptors (Lipinski definition) is 5. The summed E-state index contributed by atoms with van der Waals surface area (Å²) in [5.41, 5.74) is 1.88. The molecule has 0 aliphatic heterocycles. The van der Waals surface area contributed by atoms with E-state index in [1.165, 1.54) is 23.5 Å². The number of hydrogen-bond donors (Lipinski definition) is 1. The second-order valence-electron chi connectivity index (χ2n) is 5.85. The molecular formula is C20H19FN2O3S. The lowest BCUT2D eigenvalue weighted by molar-refractivity contribution is 0.0935. The SMILES string of the molecule is COc1ccc(OC)c([C@@H](C)NC(=O)c2csc(-c3ccc(F)cc3)n2)c1. The van der Waals surface area contributed by atoms with E-state index in [-0.39, 0.29) is 17.8 Å². The number of rotatable bonds is 6. The van der Waals surface area contributed by atoms with Gasteiger partial charge in [-0.25, -0.2) is 9.37 Å². The Bertz CT molecular complexity index is 941. The molecular weight excluding hydrogens is 367 g/mol. The zero-order chi connectivity index (χ0) is 19.4. The molecule has 1 atom stereocenters. The average Bonchev–Trinajstić information content (AvgIpc) is 3.18. The van der Waals surface area contributed by atoms with Gasteiger partial charge < -0.3 is 14.8 Å². The Hall–Kier alpha value is -2.93. The Balaban J connectivity index is 1.77. The monoisotopic (exact) mass is 386 g/mol. The van der Waals surface area contributed by atoms with Crippen molar-refractivity contribution in [3.63, 3.8) is 0 Å². The van der Waals surface area contributed by atoms with Crippen LogP contribution in [0.1, 0.15) is 29.0 Å². The summed E-state index contributed by atoms with van der Waals surface area (Å²) < 4.78 is 23.7. The van der Waals surface area contributed by atoms with Gasteiger partial charge in [0.25, 0.3) is 5.91 Å². The summed E-state index contributed by atoms with van der Waals surface area (Å²) in [5, 5.41) is 5.27. The minimum atomic E-state index is -0.311.